The van der Waals surface area contributed by atoms with Crippen LogP contribution in [0.3, 0.4) is 0 Å². The molecule has 0 unspecified atom stereocenters. The molecule has 31 heavy (non-hydrogen) atoms. The Morgan fingerprint density at radius 2 is 1.65 bits per heavy atom. The second-order valence-electron chi connectivity index (χ2n) is 8.79. The zero-order chi connectivity index (χ0) is 23.6. The molecule has 5 nitrogen and oxygen atoms in total. The van der Waals surface area contributed by atoms with Crippen molar-refractivity contribution in [2.45, 2.75) is 64.4 Å². The molecule has 0 aliphatic carbocycles. The number of hydrogen-bond donors (Lipinski definition) is 1. The van der Waals surface area contributed by atoms with Crippen LogP contribution in [0.25, 0.3) is 0 Å². The van der Waals surface area contributed by atoms with Crippen LogP contribution in [0.4, 0.5) is 0 Å². The highest BCUT2D eigenvalue weighted by Crippen LogP contribution is 2.44. The van der Waals surface area contributed by atoms with Crippen molar-refractivity contribution in [3.05, 3.63) is 52.1 Å². The molecule has 172 valence electrons. The predicted molar refractivity (Wildman–Crippen MR) is 128 cm³/mol. The van der Waals surface area contributed by atoms with Crippen molar-refractivity contribution in [1.82, 2.24) is 0 Å². The minimum absolute atomic E-state index is 0.0507. The van der Waals surface area contributed by atoms with E-state index in [2.05, 4.69) is 26.4 Å². The van der Waals surface area contributed by atoms with Crippen molar-refractivity contribution in [3.63, 3.8) is 0 Å². The van der Waals surface area contributed by atoms with Crippen LogP contribution in [-0.4, -0.2) is 41.9 Å². The molecule has 0 saturated carbocycles. The topological polar surface area (TPSA) is 86.7 Å². The molecule has 2 aromatic carbocycles. The summed E-state index contributed by atoms with van der Waals surface area (Å²) >= 11 is 0. The molecular weight excluding hydrogens is 432 g/mol. The molecule has 0 fully saturated rings. The van der Waals surface area contributed by atoms with Crippen LogP contribution in [-0.2, 0) is 27.4 Å². The second kappa shape index (κ2) is 9.84. The van der Waals surface area contributed by atoms with Gasteiger partial charge in [-0.15, -0.1) is 0 Å². The van der Waals surface area contributed by atoms with Crippen molar-refractivity contribution in [3.8, 4) is 11.5 Å². The van der Waals surface area contributed by atoms with Gasteiger partial charge >= 0.3 is 0 Å². The average Bonchev–Trinajstić information content (AvgIpc) is 2.69. The fourth-order valence-corrected chi connectivity index (χ4v) is 4.91. The fourth-order valence-electron chi connectivity index (χ4n) is 3.60. The molecule has 0 radical (unpaired) electrons. The lowest BCUT2D eigenvalue weighted by molar-refractivity contribution is 0.0609. The van der Waals surface area contributed by atoms with Gasteiger partial charge in [0, 0.05) is 12.0 Å². The van der Waals surface area contributed by atoms with Gasteiger partial charge in [-0.05, 0) is 87.2 Å². The number of phenolic OH excluding ortho intramolecular Hbond substituents is 1. The molecule has 1 aliphatic heterocycles. The first kappa shape index (κ1) is 25.6. The van der Waals surface area contributed by atoms with Gasteiger partial charge < -0.3 is 14.4 Å². The number of rotatable bonds is 4. The van der Waals surface area contributed by atoms with E-state index in [4.69, 9.17) is 4.74 Å². The summed E-state index contributed by atoms with van der Waals surface area (Å²) in [6.45, 7) is 10.1. The van der Waals surface area contributed by atoms with Crippen LogP contribution in [0.5, 0.6) is 11.5 Å². The van der Waals surface area contributed by atoms with Crippen LogP contribution in [0.15, 0.2) is 29.2 Å². The standard InChI is InChI=1S/C17H26O2S.C7H8O3S/c1-11-12(2)16-14(13(3)15(11)18)7-8-17(4,19-16)9-10-20(5)6;1-6-2-4-7(5-3-6)11(8,9)10/h7-10H2,1-6H3;2-5H,1H3,(H,8,9,10)/t17-;/m0./s1. The summed E-state index contributed by atoms with van der Waals surface area (Å²) in [7, 11) is -3.81. The number of aromatic hydroxyl groups is 1. The highest BCUT2D eigenvalue weighted by Gasteiger charge is 2.35. The van der Waals surface area contributed by atoms with Gasteiger partial charge in [0.15, 0.2) is 0 Å². The highest BCUT2D eigenvalue weighted by molar-refractivity contribution is 7.95. The number of fused-ring (bicyclic) bond motifs is 1. The van der Waals surface area contributed by atoms with Crippen LogP contribution in [0, 0.1) is 27.7 Å². The number of hydrogen-bond acceptors (Lipinski definition) is 5. The van der Waals surface area contributed by atoms with Gasteiger partial charge in [-0.3, -0.25) is 0 Å². The van der Waals surface area contributed by atoms with Crippen molar-refractivity contribution >= 4 is 21.0 Å². The van der Waals surface area contributed by atoms with Gasteiger partial charge in [0.2, 0.25) is 0 Å². The smallest absolute Gasteiger partial charge is 0.127 e. The van der Waals surface area contributed by atoms with E-state index in [1.807, 2.05) is 20.8 Å². The third-order valence-corrected chi connectivity index (χ3v) is 7.81. The first-order chi connectivity index (χ1) is 14.2. The van der Waals surface area contributed by atoms with Crippen LogP contribution in [0.2, 0.25) is 0 Å². The molecule has 7 heteroatoms. The second-order valence-corrected chi connectivity index (χ2v) is 12.5. The maximum absolute atomic E-state index is 10.4. The molecular formula is C24H34O5S2. The number of aryl methyl sites for hydroxylation is 1. The Hall–Kier alpha value is -1.70. The summed E-state index contributed by atoms with van der Waals surface area (Å²) in [5.41, 5.74) is 5.13. The van der Waals surface area contributed by atoms with E-state index in [1.165, 1.54) is 23.4 Å². The van der Waals surface area contributed by atoms with Crippen molar-refractivity contribution < 1.29 is 22.8 Å². The van der Waals surface area contributed by atoms with E-state index >= 15 is 0 Å². The quantitative estimate of drug-likeness (QED) is 0.527. The van der Waals surface area contributed by atoms with Crippen LogP contribution >= 0.6 is 0 Å². The van der Waals surface area contributed by atoms with E-state index in [1.54, 1.807) is 12.1 Å². The Bertz CT molecular complexity index is 1030. The molecule has 0 saturated heterocycles. The molecule has 1 heterocycles. The van der Waals surface area contributed by atoms with Crippen LogP contribution in [0.1, 0.15) is 47.6 Å². The van der Waals surface area contributed by atoms with Gasteiger partial charge in [0.25, 0.3) is 0 Å². The lowest BCUT2D eigenvalue weighted by Crippen LogP contribution is -2.38. The lowest BCUT2D eigenvalue weighted by Gasteiger charge is -2.37. The zero-order valence-electron chi connectivity index (χ0n) is 19.5. The number of phenols is 1. The van der Waals surface area contributed by atoms with Crippen LogP contribution < -0.4 is 4.74 Å². The summed E-state index contributed by atoms with van der Waals surface area (Å²) in [6, 6.07) is 5.78. The highest BCUT2D eigenvalue weighted by atomic mass is 32.2. The summed E-state index contributed by atoms with van der Waals surface area (Å²) in [5, 5.41) is 10.2. The van der Waals surface area contributed by atoms with Gasteiger partial charge in [0.05, 0.1) is 17.4 Å². The van der Waals surface area contributed by atoms with Crippen molar-refractivity contribution in [2.24, 2.45) is 0 Å². The van der Waals surface area contributed by atoms with Gasteiger partial charge in [-0.1, -0.05) is 17.7 Å². The van der Waals surface area contributed by atoms with Gasteiger partial charge in [-0.2, -0.15) is 0 Å². The molecule has 0 bridgehead atoms. The third-order valence-electron chi connectivity index (χ3n) is 5.94. The summed E-state index contributed by atoms with van der Waals surface area (Å²) in [5.74, 6) is 2.69. The molecule has 0 amide bonds. The summed E-state index contributed by atoms with van der Waals surface area (Å²) in [4.78, 5) is -0.178. The molecule has 2 aromatic rings. The zero-order valence-corrected chi connectivity index (χ0v) is 21.2. The van der Waals surface area contributed by atoms with E-state index < -0.39 is 10.1 Å². The van der Waals surface area contributed by atoms with Gasteiger partial charge in [0.1, 0.15) is 33.0 Å². The molecule has 0 aromatic heterocycles. The summed E-state index contributed by atoms with van der Waals surface area (Å²) < 4.78 is 37.6. The Morgan fingerprint density at radius 1 is 1.06 bits per heavy atom. The average molecular weight is 467 g/mol. The first-order valence-corrected chi connectivity index (χ1v) is 13.9. The minimum atomic E-state index is -4.27. The molecule has 3 rings (SSSR count). The number of benzene rings is 2. The maximum atomic E-state index is 10.4. The van der Waals surface area contributed by atoms with E-state index in [0.29, 0.717) is 16.6 Å². The Morgan fingerprint density at radius 3 is 2.16 bits per heavy atom. The largest absolute Gasteiger partial charge is 0.744 e. The minimum Gasteiger partial charge on any atom is -0.744 e. The first-order valence-electron chi connectivity index (χ1n) is 10.3. The third kappa shape index (κ3) is 6.40. The molecule has 0 spiro atoms. The summed E-state index contributed by atoms with van der Waals surface area (Å²) in [6.07, 6.45) is 7.74. The normalized spacial score (nSPS) is 18.1. The Balaban J connectivity index is 0.000000262. The van der Waals surface area contributed by atoms with E-state index in [-0.39, 0.29) is 10.5 Å². The molecule has 1 atom stereocenters. The van der Waals surface area contributed by atoms with Crippen molar-refractivity contribution in [1.29, 1.82) is 0 Å². The monoisotopic (exact) mass is 466 g/mol. The maximum Gasteiger partial charge on any atom is 0.127 e. The Kier molecular flexibility index (Phi) is 8.11. The fraction of sp³-hybridized carbons (Fsp3) is 0.500. The molecule has 1 N–H and O–H groups in total. The Labute approximate surface area is 189 Å². The van der Waals surface area contributed by atoms with Crippen molar-refractivity contribution in [2.75, 3.05) is 18.3 Å². The SMILES string of the molecule is Cc1c(C)c2c(c(C)c1O)CC[C@@](C)(CC[S+](C)C)O2.Cc1ccc(S(=O)(=O)[O-])cc1. The number of ether oxygens (including phenoxy) is 1. The van der Waals surface area contributed by atoms with Gasteiger partial charge in [-0.25, -0.2) is 8.42 Å². The predicted octanol–water partition coefficient (Wildman–Crippen LogP) is 4.57. The van der Waals surface area contributed by atoms with E-state index in [9.17, 15) is 18.1 Å². The lowest BCUT2D eigenvalue weighted by atomic mass is 9.86. The van der Waals surface area contributed by atoms with E-state index in [0.717, 1.165) is 47.3 Å². The molecule has 1 aliphatic rings.